The summed E-state index contributed by atoms with van der Waals surface area (Å²) in [6, 6.07) is 23.8. The van der Waals surface area contributed by atoms with Gasteiger partial charge in [-0.15, -0.1) is 0 Å². The molecule has 0 radical (unpaired) electrons. The number of carbonyl (C=O) groups is 9. The number of H-pyrrole nitrogens is 2. The van der Waals surface area contributed by atoms with Gasteiger partial charge in [0.2, 0.25) is 41.4 Å². The number of nitrogens with one attached hydrogen (secondary N) is 10. The highest BCUT2D eigenvalue weighted by Crippen LogP contribution is 2.23. The fourth-order valence-corrected chi connectivity index (χ4v) is 10.6. The number of aromatic hydroxyl groups is 2. The van der Waals surface area contributed by atoms with Crippen LogP contribution in [0.3, 0.4) is 0 Å². The molecular formula is C68H82N10O13. The number of benzene rings is 5. The molecule has 0 bridgehead atoms. The number of aliphatic hydroxyl groups is 1. The molecular weight excluding hydrogens is 1160 g/mol. The van der Waals surface area contributed by atoms with Crippen LogP contribution in [0.5, 0.6) is 11.5 Å². The van der Waals surface area contributed by atoms with Crippen LogP contribution >= 0.6 is 0 Å². The Hall–Kier alpha value is -9.87. The van der Waals surface area contributed by atoms with E-state index < -0.39 is 126 Å². The first kappa shape index (κ1) is 68.6. The van der Waals surface area contributed by atoms with Gasteiger partial charge in [0, 0.05) is 71.3 Å². The zero-order valence-corrected chi connectivity index (χ0v) is 52.0. The van der Waals surface area contributed by atoms with E-state index in [1.165, 1.54) is 36.4 Å². The summed E-state index contributed by atoms with van der Waals surface area (Å²) in [5.74, 6) is -9.39. The van der Waals surface area contributed by atoms with Gasteiger partial charge in [0.1, 0.15) is 53.8 Å². The molecule has 0 saturated carbocycles. The van der Waals surface area contributed by atoms with E-state index in [1.807, 2.05) is 54.6 Å². The Bertz CT molecular complexity index is 3670. The summed E-state index contributed by atoms with van der Waals surface area (Å²) in [5.41, 5.74) is 3.70. The van der Waals surface area contributed by atoms with Crippen LogP contribution in [0.15, 0.2) is 140 Å². The number of aliphatic carboxylic acids is 1. The molecule has 0 fully saturated rings. The standard InChI is InChI=1S/C68H82N10O13/c1-38(2)59(67(91)76-55(33-44-36-70-50-20-14-12-18-48(44)50)63(87)71-51(60(84)39(3)4)29-40-15-9-8-10-16-40)77-65(89)56(34-58(82)83)75-62(86)52(30-41-21-25-45(80)26-22-41)72-64(88)54(32-43-35-69-49-19-13-11-17-47(43)49)74-61(85)53(31-42-23-27-46(81)28-24-42)73-66(90)57(37-79)78-68(5,6)7/h8-28,35-36,38-39,51-57,59,69-70,78-81H,29-34,37H2,1-7H3,(H,71,87)(H,72,88)(H,73,90)(H,74,85)(H,75,86)(H,76,91)(H,77,89)(H,82,83)/t51-,52-,53-,54-,55-,56-,57-,59-/m0/s1. The lowest BCUT2D eigenvalue weighted by atomic mass is 9.94. The predicted molar refractivity (Wildman–Crippen MR) is 342 cm³/mol. The van der Waals surface area contributed by atoms with E-state index in [2.05, 4.69) is 52.5 Å². The summed E-state index contributed by atoms with van der Waals surface area (Å²) in [5, 5.41) is 64.2. The number of aromatic amines is 2. The SMILES string of the molecule is CC(C)C(=O)[C@H](Cc1ccccc1)NC(=O)[C@H](Cc1c[nH]c2ccccc12)NC(=O)[C@@H](NC(=O)[C@H](CC(=O)O)NC(=O)[C@H](Cc1ccc(O)cc1)NC(=O)[C@H](Cc1c[nH]c2ccccc12)NC(=O)[C@H](Cc1ccc(O)cc1)NC(=O)[C@H](CO)NC(C)(C)C)C(C)C. The van der Waals surface area contributed by atoms with Crippen molar-refractivity contribution < 1.29 is 63.6 Å². The third kappa shape index (κ3) is 19.8. The molecule has 2 heterocycles. The molecule has 7 amide bonds. The van der Waals surface area contributed by atoms with Gasteiger partial charge in [-0.05, 0) is 97.3 Å². The molecule has 14 N–H and O–H groups in total. The van der Waals surface area contributed by atoms with E-state index in [1.54, 1.807) is 97.3 Å². The Balaban J connectivity index is 1.17. The number of fused-ring (bicyclic) bond motifs is 2. The molecule has 23 nitrogen and oxygen atoms in total. The van der Waals surface area contributed by atoms with Gasteiger partial charge in [0.25, 0.3) is 0 Å². The number of aliphatic hydroxyl groups excluding tert-OH is 1. The Morgan fingerprint density at radius 2 is 0.791 bits per heavy atom. The number of carboxylic acid groups (broad SMARTS) is 1. The van der Waals surface area contributed by atoms with Gasteiger partial charge >= 0.3 is 5.97 Å². The number of aromatic nitrogens is 2. The van der Waals surface area contributed by atoms with Crippen molar-refractivity contribution in [3.05, 3.63) is 168 Å². The number of rotatable bonds is 31. The number of hydrogen-bond acceptors (Lipinski definition) is 13. The Labute approximate surface area is 527 Å². The average Bonchev–Trinajstić information content (AvgIpc) is 1.92. The average molecular weight is 1250 g/mol. The van der Waals surface area contributed by atoms with Crippen molar-refractivity contribution >= 4 is 74.9 Å². The van der Waals surface area contributed by atoms with Crippen LogP contribution in [-0.2, 0) is 75.3 Å². The monoisotopic (exact) mass is 1250 g/mol. The second-order valence-electron chi connectivity index (χ2n) is 24.4. The fraction of sp³-hybridized carbons (Fsp3) is 0.368. The highest BCUT2D eigenvalue weighted by molar-refractivity contribution is 6.00. The molecule has 7 aromatic rings. The number of hydrogen-bond donors (Lipinski definition) is 14. The number of phenolic OH excluding ortho intramolecular Hbond substituents is 2. The molecule has 2 aromatic heterocycles. The summed E-state index contributed by atoms with van der Waals surface area (Å²) in [7, 11) is 0. The van der Waals surface area contributed by atoms with E-state index in [0.717, 1.165) is 16.5 Å². The highest BCUT2D eigenvalue weighted by atomic mass is 16.4. The van der Waals surface area contributed by atoms with Crippen LogP contribution in [-0.4, -0.2) is 144 Å². The highest BCUT2D eigenvalue weighted by Gasteiger charge is 2.37. The van der Waals surface area contributed by atoms with Crippen molar-refractivity contribution in [2.45, 2.75) is 141 Å². The zero-order valence-electron chi connectivity index (χ0n) is 52.0. The molecule has 23 heteroatoms. The lowest BCUT2D eigenvalue weighted by Gasteiger charge is -2.29. The van der Waals surface area contributed by atoms with Crippen LogP contribution in [0, 0.1) is 11.8 Å². The maximum atomic E-state index is 15.1. The second kappa shape index (κ2) is 31.5. The third-order valence-corrected chi connectivity index (χ3v) is 15.4. The Kier molecular flexibility index (Phi) is 23.8. The first-order valence-electron chi connectivity index (χ1n) is 30.2. The predicted octanol–water partition coefficient (Wildman–Crippen LogP) is 4.07. The second-order valence-corrected chi connectivity index (χ2v) is 24.4. The largest absolute Gasteiger partial charge is 0.508 e. The number of para-hydroxylation sites is 2. The molecule has 0 spiro atoms. The summed E-state index contributed by atoms with van der Waals surface area (Å²) < 4.78 is 0. The number of carboxylic acids is 1. The van der Waals surface area contributed by atoms with Gasteiger partial charge < -0.3 is 67.6 Å². The molecule has 482 valence electrons. The first-order chi connectivity index (χ1) is 43.2. The van der Waals surface area contributed by atoms with Gasteiger partial charge in [0.05, 0.1) is 19.1 Å². The van der Waals surface area contributed by atoms with Crippen molar-refractivity contribution in [3.8, 4) is 11.5 Å². The number of carbonyl (C=O) groups excluding carboxylic acids is 8. The molecule has 91 heavy (non-hydrogen) atoms. The van der Waals surface area contributed by atoms with E-state index in [-0.39, 0.29) is 49.4 Å². The number of phenols is 2. The van der Waals surface area contributed by atoms with Crippen LogP contribution < -0.4 is 42.5 Å². The van der Waals surface area contributed by atoms with E-state index >= 15 is 4.79 Å². The van der Waals surface area contributed by atoms with Gasteiger partial charge in [0.15, 0.2) is 5.78 Å². The van der Waals surface area contributed by atoms with E-state index in [9.17, 15) is 58.8 Å². The number of amides is 7. The number of ketones is 1. The zero-order chi connectivity index (χ0) is 66.1. The fourth-order valence-electron chi connectivity index (χ4n) is 10.6. The van der Waals surface area contributed by atoms with Crippen LogP contribution in [0.2, 0.25) is 0 Å². The first-order valence-corrected chi connectivity index (χ1v) is 30.2. The smallest absolute Gasteiger partial charge is 0.305 e. The lowest BCUT2D eigenvalue weighted by molar-refractivity contribution is -0.141. The molecule has 5 aromatic carbocycles. The maximum absolute atomic E-state index is 15.1. The lowest BCUT2D eigenvalue weighted by Crippen LogP contribution is -2.62. The Morgan fingerprint density at radius 3 is 1.21 bits per heavy atom. The molecule has 0 aliphatic carbocycles. The quantitative estimate of drug-likeness (QED) is 0.0291. The minimum absolute atomic E-state index is 0.0572. The van der Waals surface area contributed by atoms with Crippen molar-refractivity contribution in [2.75, 3.05) is 6.61 Å². The minimum Gasteiger partial charge on any atom is -0.508 e. The van der Waals surface area contributed by atoms with Gasteiger partial charge in [-0.3, -0.25) is 48.5 Å². The summed E-state index contributed by atoms with van der Waals surface area (Å²) in [4.78, 5) is 135. The molecule has 0 unspecified atom stereocenters. The van der Waals surface area contributed by atoms with Crippen LogP contribution in [0.25, 0.3) is 21.8 Å². The third-order valence-electron chi connectivity index (χ3n) is 15.4. The van der Waals surface area contributed by atoms with Gasteiger partial charge in [-0.25, -0.2) is 0 Å². The van der Waals surface area contributed by atoms with Gasteiger partial charge in [-0.2, -0.15) is 0 Å². The summed E-state index contributed by atoms with van der Waals surface area (Å²) in [6.07, 6.45) is 1.77. The van der Waals surface area contributed by atoms with Crippen molar-refractivity contribution in [3.63, 3.8) is 0 Å². The van der Waals surface area contributed by atoms with Crippen LogP contribution in [0.4, 0.5) is 0 Å². The number of Topliss-reactive ketones (excluding diaryl/α,β-unsaturated/α-hetero) is 1. The van der Waals surface area contributed by atoms with Crippen molar-refractivity contribution in [1.82, 2.24) is 52.5 Å². The van der Waals surface area contributed by atoms with Gasteiger partial charge in [-0.1, -0.05) is 119 Å². The van der Waals surface area contributed by atoms with Crippen molar-refractivity contribution in [2.24, 2.45) is 11.8 Å². The minimum atomic E-state index is -1.90. The normalized spacial score (nSPS) is 14.2. The van der Waals surface area contributed by atoms with E-state index in [0.29, 0.717) is 33.2 Å². The summed E-state index contributed by atoms with van der Waals surface area (Å²) >= 11 is 0. The topological polar surface area (TPSA) is 362 Å². The van der Waals surface area contributed by atoms with Crippen LogP contribution in [0.1, 0.15) is 82.7 Å². The summed E-state index contributed by atoms with van der Waals surface area (Å²) in [6.45, 7) is 11.4. The molecule has 7 rings (SSSR count). The molecule has 0 aliphatic heterocycles. The molecule has 0 saturated heterocycles. The van der Waals surface area contributed by atoms with E-state index in [4.69, 9.17) is 0 Å². The maximum Gasteiger partial charge on any atom is 0.305 e. The molecule has 8 atom stereocenters. The van der Waals surface area contributed by atoms with Crippen molar-refractivity contribution in [1.29, 1.82) is 0 Å². The molecule has 0 aliphatic rings. The Morgan fingerprint density at radius 1 is 0.429 bits per heavy atom.